The number of carboxylic acids is 1. The van der Waals surface area contributed by atoms with E-state index in [1.54, 1.807) is 21.3 Å². The molecule has 0 spiro atoms. The van der Waals surface area contributed by atoms with E-state index in [9.17, 15) is 0 Å². The Bertz CT molecular complexity index is 3010. The summed E-state index contributed by atoms with van der Waals surface area (Å²) >= 11 is 3.32. The first-order valence-electron chi connectivity index (χ1n) is 27.2. The molecular formula is C72H86BrN4O5PPd. The van der Waals surface area contributed by atoms with Gasteiger partial charge in [0.2, 0.25) is 0 Å². The van der Waals surface area contributed by atoms with Crippen LogP contribution >= 0.6 is 23.9 Å². The van der Waals surface area contributed by atoms with Crippen molar-refractivity contribution in [1.82, 2.24) is 0 Å². The molecule has 12 heteroatoms. The third kappa shape index (κ3) is 23.7. The van der Waals surface area contributed by atoms with Crippen LogP contribution in [-0.2, 0) is 25.2 Å². The van der Waals surface area contributed by atoms with Gasteiger partial charge in [-0.25, -0.2) is 0 Å². The average molecular weight is 1300 g/mol. The summed E-state index contributed by atoms with van der Waals surface area (Å²) < 4.78 is 16.8. The molecule has 446 valence electrons. The van der Waals surface area contributed by atoms with Crippen molar-refractivity contribution in [2.75, 3.05) is 41.8 Å². The van der Waals surface area contributed by atoms with Gasteiger partial charge in [-0.2, -0.15) is 0 Å². The molecule has 3 N–H and O–H groups in total. The molecule has 9 aromatic rings. The minimum Gasteiger partial charge on any atom is -0.497 e. The second-order valence-corrected chi connectivity index (χ2v) is 27.5. The van der Waals surface area contributed by atoms with Crippen LogP contribution in [0.5, 0.6) is 17.2 Å². The average Bonchev–Trinajstić information content (AvgIpc) is 3.66. The van der Waals surface area contributed by atoms with Gasteiger partial charge in [-0.15, -0.1) is 0 Å². The number of ether oxygens (including phenoxy) is 3. The maximum Gasteiger partial charge on any atom is 0.300 e. The number of benzene rings is 9. The van der Waals surface area contributed by atoms with E-state index in [1.807, 2.05) is 97.1 Å². The molecule has 0 fully saturated rings. The summed E-state index contributed by atoms with van der Waals surface area (Å²) in [6.07, 6.45) is 0. The minimum absolute atomic E-state index is 0. The van der Waals surface area contributed by atoms with Gasteiger partial charge in [-0.3, -0.25) is 4.79 Å². The zero-order valence-electron chi connectivity index (χ0n) is 50.2. The molecule has 0 aliphatic carbocycles. The van der Waals surface area contributed by atoms with Crippen molar-refractivity contribution in [3.05, 3.63) is 247 Å². The Morgan fingerprint density at radius 1 is 0.381 bits per heavy atom. The number of halogens is 1. The van der Waals surface area contributed by atoms with Crippen molar-refractivity contribution in [3.8, 4) is 17.2 Å². The number of methoxy groups -OCH3 is 3. The number of carboxylic acid groups (broad SMARTS) is 1. The first kappa shape index (κ1) is 70.9. The van der Waals surface area contributed by atoms with Crippen molar-refractivity contribution >= 4 is 86.7 Å². The smallest absolute Gasteiger partial charge is 0.300 e. The molecule has 0 unspecified atom stereocenters. The summed E-state index contributed by atoms with van der Waals surface area (Å²) in [5, 5.41) is 15.5. The van der Waals surface area contributed by atoms with Crippen molar-refractivity contribution in [1.29, 1.82) is 0 Å². The molecule has 0 radical (unpaired) electrons. The summed E-state index contributed by atoms with van der Waals surface area (Å²) in [4.78, 5) is 13.5. The standard InChI is InChI=1S/C32H28N2O2.C18H16N2.C12H27P.C7H7BrO.C2H4O2.CH4.Pd/c1-35-31-21-17-29(18-22-31)33(25-9-5-3-6-10-25)27-13-15-28(16-14-27)34(26-11-7-4-8-12-26)30-19-23-32(36-2)24-20-30;1-3-7-15(8-4-1)19-17-11-13-18(14-12-17)20-16-9-5-2-6-10-16;1-10(2,3)13(11(4,5)6)12(7,8)9;1-9-7-4-2-6(8)3-5-7;1-2(3)4;;/h3-24H,1-2H3;1-14,19-20H;1-9H3;2-5H,1H3;1H3,(H,3,4);1H4;. The fraction of sp³-hybridized carbons (Fsp3) is 0.236. The Morgan fingerprint density at radius 3 is 0.810 bits per heavy atom. The van der Waals surface area contributed by atoms with Crippen LogP contribution in [0.4, 0.5) is 56.9 Å². The predicted octanol–water partition coefficient (Wildman–Crippen LogP) is 21.9. The molecule has 0 aromatic heterocycles. The van der Waals surface area contributed by atoms with Crippen molar-refractivity contribution < 1.29 is 44.5 Å². The van der Waals surface area contributed by atoms with Crippen LogP contribution in [0.25, 0.3) is 0 Å². The number of nitrogens with zero attached hydrogens (tertiary/aromatic N) is 2. The van der Waals surface area contributed by atoms with Crippen LogP contribution in [0.15, 0.2) is 247 Å². The Hall–Kier alpha value is -7.38. The van der Waals surface area contributed by atoms with E-state index in [1.165, 1.54) is 0 Å². The number of para-hydroxylation sites is 4. The zero-order chi connectivity index (χ0) is 59.7. The molecule has 0 bridgehead atoms. The van der Waals surface area contributed by atoms with Gasteiger partial charge in [0.25, 0.3) is 5.97 Å². The van der Waals surface area contributed by atoms with E-state index in [-0.39, 0.29) is 35.8 Å². The topological polar surface area (TPSA) is 95.5 Å². The van der Waals surface area contributed by atoms with Gasteiger partial charge >= 0.3 is 0 Å². The molecule has 9 rings (SSSR count). The molecule has 0 atom stereocenters. The molecule has 0 amide bonds. The molecule has 9 nitrogen and oxygen atoms in total. The fourth-order valence-corrected chi connectivity index (χ4v) is 16.2. The van der Waals surface area contributed by atoms with E-state index < -0.39 is 5.97 Å². The Labute approximate surface area is 526 Å². The van der Waals surface area contributed by atoms with Crippen LogP contribution in [0.2, 0.25) is 0 Å². The second-order valence-electron chi connectivity index (χ2n) is 21.8. The van der Waals surface area contributed by atoms with Gasteiger partial charge in [-0.1, -0.05) is 166 Å². The van der Waals surface area contributed by atoms with Gasteiger partial charge in [0.05, 0.1) is 21.3 Å². The van der Waals surface area contributed by atoms with Crippen LogP contribution in [0.1, 0.15) is 76.7 Å². The van der Waals surface area contributed by atoms with Gasteiger partial charge in [-0.05, 0) is 185 Å². The summed E-state index contributed by atoms with van der Waals surface area (Å²) in [5.74, 6) is 1.72. The molecular weight excluding hydrogens is 1220 g/mol. The summed E-state index contributed by atoms with van der Waals surface area (Å²) in [5.41, 5.74) is 10.8. The minimum atomic E-state index is -0.833. The van der Waals surface area contributed by atoms with Crippen LogP contribution in [0, 0.1) is 0 Å². The normalized spacial score (nSPS) is 10.5. The van der Waals surface area contributed by atoms with E-state index in [2.05, 4.69) is 244 Å². The number of anilines is 10. The monoisotopic (exact) mass is 1300 g/mol. The van der Waals surface area contributed by atoms with E-state index in [4.69, 9.17) is 24.1 Å². The summed E-state index contributed by atoms with van der Waals surface area (Å²) in [6, 6.07) is 81.9. The molecule has 84 heavy (non-hydrogen) atoms. The first-order valence-corrected chi connectivity index (χ1v) is 29.4. The van der Waals surface area contributed by atoms with Gasteiger partial charge in [0.1, 0.15) is 17.2 Å². The fourth-order valence-electron chi connectivity index (χ4n) is 9.86. The molecule has 0 saturated carbocycles. The van der Waals surface area contributed by atoms with Gasteiger partial charge in [0.15, 0.2) is 0 Å². The van der Waals surface area contributed by atoms with Crippen molar-refractivity contribution in [3.63, 3.8) is 0 Å². The van der Waals surface area contributed by atoms with Crippen LogP contribution in [0.3, 0.4) is 0 Å². The number of nitrogens with one attached hydrogen (secondary N) is 2. The van der Waals surface area contributed by atoms with Gasteiger partial charge < -0.3 is 39.8 Å². The quantitative estimate of drug-likeness (QED) is 0.0771. The third-order valence-electron chi connectivity index (χ3n) is 12.1. The molecule has 0 heterocycles. The SMILES string of the molecule is C.CC(=O)O.CC(C)(C)P(C(C)(C)C)C(C)(C)C.COc1ccc(Br)cc1.COc1ccc(N(c2ccccc2)c2ccc(N(c3ccccc3)c3ccc(OC)cc3)cc2)cc1.[Pd].c1ccc(Nc2ccc(Nc3ccccc3)cc2)cc1. The number of aliphatic carboxylic acids is 1. The van der Waals surface area contributed by atoms with Crippen molar-refractivity contribution in [2.45, 2.75) is 92.1 Å². The Balaban J connectivity index is 0.000000323. The molecule has 0 aliphatic rings. The molecule has 0 aliphatic heterocycles. The van der Waals surface area contributed by atoms with Crippen LogP contribution < -0.4 is 34.6 Å². The Morgan fingerprint density at radius 2 is 0.583 bits per heavy atom. The van der Waals surface area contributed by atoms with E-state index in [0.29, 0.717) is 15.5 Å². The van der Waals surface area contributed by atoms with E-state index >= 15 is 0 Å². The molecule has 0 saturated heterocycles. The van der Waals surface area contributed by atoms with Crippen LogP contribution in [-0.4, -0.2) is 47.9 Å². The predicted molar refractivity (Wildman–Crippen MR) is 362 cm³/mol. The maximum absolute atomic E-state index is 9.00. The number of carbonyl (C=O) groups is 1. The summed E-state index contributed by atoms with van der Waals surface area (Å²) in [6.45, 7) is 22.5. The molecule has 9 aromatic carbocycles. The van der Waals surface area contributed by atoms with Gasteiger partial charge in [0, 0.05) is 88.7 Å². The Kier molecular flexibility index (Phi) is 29.6. The third-order valence-corrected chi connectivity index (χ3v) is 16.7. The summed E-state index contributed by atoms with van der Waals surface area (Å²) in [7, 11) is 5.04. The largest absolute Gasteiger partial charge is 0.497 e. The maximum atomic E-state index is 9.00. The zero-order valence-corrected chi connectivity index (χ0v) is 54.2. The number of hydrogen-bond donors (Lipinski definition) is 3. The first-order chi connectivity index (χ1) is 39.1. The second kappa shape index (κ2) is 35.0. The number of rotatable bonds is 13. The van der Waals surface area contributed by atoms with E-state index in [0.717, 1.165) is 85.5 Å². The number of hydrogen-bond acceptors (Lipinski definition) is 8. The van der Waals surface area contributed by atoms with Crippen molar-refractivity contribution in [2.24, 2.45) is 0 Å².